The summed E-state index contributed by atoms with van der Waals surface area (Å²) in [5, 5.41) is 0. The van der Waals surface area contributed by atoms with Gasteiger partial charge in [0.1, 0.15) is 0 Å². The van der Waals surface area contributed by atoms with Crippen LogP contribution in [-0.2, 0) is 52.3 Å². The first-order valence-corrected chi connectivity index (χ1v) is 17.9. The number of hydrogen-bond acceptors (Lipinski definition) is 0. The van der Waals surface area contributed by atoms with Crippen molar-refractivity contribution in [2.45, 2.75) is 104 Å². The number of hydrogen-bond donors (Lipinski definition) is 0. The van der Waals surface area contributed by atoms with Crippen LogP contribution in [0.15, 0.2) is 109 Å². The van der Waals surface area contributed by atoms with E-state index in [0.717, 1.165) is 12.8 Å². The van der Waals surface area contributed by atoms with E-state index in [-0.39, 0.29) is 21.7 Å². The second-order valence-corrected chi connectivity index (χ2v) is 16.9. The molecule has 0 heterocycles. The van der Waals surface area contributed by atoms with Gasteiger partial charge in [0.25, 0.3) is 0 Å². The molecule has 2 aliphatic rings. The third-order valence-corrected chi connectivity index (χ3v) is 12.4. The number of benzene rings is 4. The van der Waals surface area contributed by atoms with Crippen molar-refractivity contribution in [3.63, 3.8) is 0 Å². The van der Waals surface area contributed by atoms with Gasteiger partial charge in [0.05, 0.1) is 0 Å². The molecule has 1 heteroatoms. The van der Waals surface area contributed by atoms with Crippen LogP contribution >= 0.6 is 0 Å². The molecular weight excluding hydrogens is 632 g/mol. The summed E-state index contributed by atoms with van der Waals surface area (Å²) in [5.74, 6) is 0. The second-order valence-electron chi connectivity index (χ2n) is 15.7. The second kappa shape index (κ2) is 14.5. The maximum absolute atomic E-state index is 3.53. The largest absolute Gasteiger partial charge is 0.273 e. The maximum Gasteiger partial charge on any atom is -0.109 e. The Labute approximate surface area is 295 Å². The molecule has 0 aliphatic heterocycles. The summed E-state index contributed by atoms with van der Waals surface area (Å²) < 4.78 is 1.58. The van der Waals surface area contributed by atoms with Crippen LogP contribution in [0.4, 0.5) is 0 Å². The van der Waals surface area contributed by atoms with E-state index in [1.807, 2.05) is 12.2 Å². The molecule has 0 nitrogen and oxygen atoms in total. The van der Waals surface area contributed by atoms with Crippen LogP contribution in [0.1, 0.15) is 109 Å². The normalized spacial score (nSPS) is 13.7. The number of fused-ring (bicyclic) bond motifs is 3. The summed E-state index contributed by atoms with van der Waals surface area (Å²) in [4.78, 5) is 0. The van der Waals surface area contributed by atoms with E-state index in [9.17, 15) is 0 Å². The molecule has 2 aliphatic carbocycles. The molecule has 0 N–H and O–H groups in total. The van der Waals surface area contributed by atoms with Crippen molar-refractivity contribution in [2.75, 3.05) is 0 Å². The molecule has 46 heavy (non-hydrogen) atoms. The minimum Gasteiger partial charge on any atom is -0.273 e. The smallest absolute Gasteiger partial charge is 0.109 e. The summed E-state index contributed by atoms with van der Waals surface area (Å²) in [6.45, 7) is 23.0. The quantitative estimate of drug-likeness (QED) is 0.165. The SMILES string of the molecule is CC(C)(C)c1c[c-]c2c(c1)-c1cc(C(C)(C)C)ccc1C2.CC(C)([C](=[Zr+2])C(C)(C)c1ccccc1)c1ccccc1.[C-]1=CC=CC1. The monoisotopic (exact) mass is 682 g/mol. The Morgan fingerprint density at radius 2 is 1.13 bits per heavy atom. The van der Waals surface area contributed by atoms with Gasteiger partial charge in [-0.25, -0.2) is 12.2 Å². The van der Waals surface area contributed by atoms with E-state index in [2.05, 4.69) is 178 Å². The summed E-state index contributed by atoms with van der Waals surface area (Å²) in [6, 6.07) is 36.7. The molecule has 0 saturated carbocycles. The summed E-state index contributed by atoms with van der Waals surface area (Å²) in [5.41, 5.74) is 11.8. The van der Waals surface area contributed by atoms with E-state index >= 15 is 0 Å². The van der Waals surface area contributed by atoms with Gasteiger partial charge < -0.3 is 0 Å². The van der Waals surface area contributed by atoms with Gasteiger partial charge in [-0.05, 0) is 17.4 Å². The summed E-state index contributed by atoms with van der Waals surface area (Å²) >= 11 is 1.51. The number of rotatable bonds is 4. The van der Waals surface area contributed by atoms with Crippen LogP contribution in [0.25, 0.3) is 11.1 Å². The van der Waals surface area contributed by atoms with E-state index < -0.39 is 0 Å². The average Bonchev–Trinajstić information content (AvgIpc) is 3.72. The van der Waals surface area contributed by atoms with Gasteiger partial charge in [-0.1, -0.05) is 76.3 Å². The van der Waals surface area contributed by atoms with Crippen molar-refractivity contribution in [2.24, 2.45) is 0 Å². The molecule has 0 fully saturated rings. The summed E-state index contributed by atoms with van der Waals surface area (Å²) in [7, 11) is 0. The molecule has 0 amide bonds. The first kappa shape index (κ1) is 36.0. The predicted molar refractivity (Wildman–Crippen MR) is 196 cm³/mol. The van der Waals surface area contributed by atoms with Crippen LogP contribution in [0.5, 0.6) is 0 Å². The van der Waals surface area contributed by atoms with Crippen LogP contribution < -0.4 is 0 Å². The van der Waals surface area contributed by atoms with Crippen molar-refractivity contribution in [3.8, 4) is 11.1 Å². The predicted octanol–water partition coefficient (Wildman–Crippen LogP) is 11.6. The fourth-order valence-corrected chi connectivity index (χ4v) is 6.81. The molecule has 4 aromatic rings. The summed E-state index contributed by atoms with van der Waals surface area (Å²) in [6.07, 6.45) is 11.0. The fraction of sp³-hybridized carbons (Fsp3) is 0.356. The molecule has 0 unspecified atom stereocenters. The number of allylic oxidation sites excluding steroid dienone is 4. The maximum atomic E-state index is 3.53. The molecule has 236 valence electrons. The van der Waals surface area contributed by atoms with E-state index in [4.69, 9.17) is 0 Å². The Kier molecular flexibility index (Phi) is 11.3. The minimum atomic E-state index is 0.0962. The molecule has 6 rings (SSSR count). The molecule has 0 radical (unpaired) electrons. The van der Waals surface area contributed by atoms with Gasteiger partial charge >= 0.3 is 138 Å². The Morgan fingerprint density at radius 1 is 0.609 bits per heavy atom. The van der Waals surface area contributed by atoms with E-state index in [1.54, 1.807) is 3.21 Å². The van der Waals surface area contributed by atoms with Gasteiger partial charge in [-0.15, -0.1) is 12.0 Å². The van der Waals surface area contributed by atoms with Gasteiger partial charge in [-0.3, -0.25) is 6.08 Å². The van der Waals surface area contributed by atoms with E-state index in [0.29, 0.717) is 0 Å². The zero-order valence-corrected chi connectivity index (χ0v) is 32.3. The van der Waals surface area contributed by atoms with Crippen molar-refractivity contribution in [1.29, 1.82) is 0 Å². The van der Waals surface area contributed by atoms with Gasteiger partial charge in [-0.2, -0.15) is 35.4 Å². The molecule has 0 saturated heterocycles. The molecule has 0 spiro atoms. The Hall–Kier alpha value is -2.89. The van der Waals surface area contributed by atoms with Crippen LogP contribution in [-0.4, -0.2) is 3.21 Å². The first-order chi connectivity index (χ1) is 21.5. The van der Waals surface area contributed by atoms with Gasteiger partial charge in [0, 0.05) is 0 Å². The van der Waals surface area contributed by atoms with Crippen LogP contribution in [0.3, 0.4) is 0 Å². The zero-order valence-electron chi connectivity index (χ0n) is 29.8. The Balaban J connectivity index is 0.000000181. The average molecular weight is 684 g/mol. The molecule has 0 atom stereocenters. The van der Waals surface area contributed by atoms with Crippen molar-refractivity contribution < 1.29 is 24.2 Å². The first-order valence-electron chi connectivity index (χ1n) is 16.6. The van der Waals surface area contributed by atoms with Crippen molar-refractivity contribution >= 4 is 3.21 Å². The van der Waals surface area contributed by atoms with Gasteiger partial charge in [0.15, 0.2) is 0 Å². The minimum absolute atomic E-state index is 0.0962. The van der Waals surface area contributed by atoms with Crippen molar-refractivity contribution in [1.82, 2.24) is 0 Å². The third kappa shape index (κ3) is 8.52. The van der Waals surface area contributed by atoms with Crippen LogP contribution in [0, 0.1) is 12.1 Å². The fourth-order valence-electron chi connectivity index (χ4n) is 6.10. The Morgan fingerprint density at radius 3 is 1.57 bits per heavy atom. The van der Waals surface area contributed by atoms with Crippen molar-refractivity contribution in [3.05, 3.63) is 155 Å². The van der Waals surface area contributed by atoms with E-state index in [1.165, 1.54) is 68.7 Å². The van der Waals surface area contributed by atoms with Crippen LogP contribution in [0.2, 0.25) is 0 Å². The molecular formula is C45H52Zr. The van der Waals surface area contributed by atoms with Gasteiger partial charge in [0.2, 0.25) is 0 Å². The molecule has 0 aromatic heterocycles. The Bertz CT molecular complexity index is 1560. The zero-order chi connectivity index (χ0) is 33.8. The molecule has 4 aromatic carbocycles. The third-order valence-electron chi connectivity index (χ3n) is 9.35. The standard InChI is InChI=1S/C21H25.C19H22.C5H5.Zr/c1-20(2,3)16-9-7-14-11-15-8-10-17(21(4,5)6)13-19(15)18(14)12-16;1-18(2,16-11-7-5-8-12-16)15-19(3,4)17-13-9-6-10-14-17;1-2-4-5-3-1;/h7,9-10,12-13H,11H2,1-6H3;5-14H,1-4H3;1-3H,4H2;/q-1;;-1;+2. The topological polar surface area (TPSA) is 0 Å². The molecule has 0 bridgehead atoms.